The predicted octanol–water partition coefficient (Wildman–Crippen LogP) is 2.50. The van der Waals surface area contributed by atoms with E-state index in [2.05, 4.69) is 13.8 Å². The SMILES string of the molecule is [CH2]C1C2CCC(C2)C1C. The van der Waals surface area contributed by atoms with E-state index in [1.165, 1.54) is 19.3 Å². The average molecular weight is 123 g/mol. The van der Waals surface area contributed by atoms with Crippen LogP contribution in [0.3, 0.4) is 0 Å². The van der Waals surface area contributed by atoms with Crippen molar-refractivity contribution in [2.24, 2.45) is 23.7 Å². The van der Waals surface area contributed by atoms with Crippen molar-refractivity contribution in [3.8, 4) is 0 Å². The van der Waals surface area contributed by atoms with Crippen molar-refractivity contribution in [3.63, 3.8) is 0 Å². The smallest absolute Gasteiger partial charge is 0.0357 e. The Labute approximate surface area is 57.6 Å². The Morgan fingerprint density at radius 1 is 1.22 bits per heavy atom. The van der Waals surface area contributed by atoms with Crippen molar-refractivity contribution < 1.29 is 0 Å². The molecule has 0 spiro atoms. The van der Waals surface area contributed by atoms with Gasteiger partial charge in [0, 0.05) is 0 Å². The summed E-state index contributed by atoms with van der Waals surface area (Å²) in [6.07, 6.45) is 4.47. The summed E-state index contributed by atoms with van der Waals surface area (Å²) in [7, 11) is 0. The first kappa shape index (κ1) is 5.76. The van der Waals surface area contributed by atoms with Gasteiger partial charge in [-0.2, -0.15) is 0 Å². The number of rotatable bonds is 0. The molecule has 2 saturated carbocycles. The van der Waals surface area contributed by atoms with Crippen LogP contribution < -0.4 is 0 Å². The predicted molar refractivity (Wildman–Crippen MR) is 38.8 cm³/mol. The van der Waals surface area contributed by atoms with E-state index in [0.717, 1.165) is 23.7 Å². The van der Waals surface area contributed by atoms with E-state index >= 15 is 0 Å². The molecule has 0 saturated heterocycles. The van der Waals surface area contributed by atoms with Crippen molar-refractivity contribution in [2.75, 3.05) is 0 Å². The van der Waals surface area contributed by atoms with Crippen LogP contribution in [0.25, 0.3) is 0 Å². The van der Waals surface area contributed by atoms with Crippen molar-refractivity contribution >= 4 is 0 Å². The van der Waals surface area contributed by atoms with Gasteiger partial charge in [-0.05, 0) is 49.9 Å². The van der Waals surface area contributed by atoms with E-state index in [1.807, 2.05) is 0 Å². The molecule has 9 heavy (non-hydrogen) atoms. The van der Waals surface area contributed by atoms with Gasteiger partial charge in [0.05, 0.1) is 0 Å². The summed E-state index contributed by atoms with van der Waals surface area (Å²) in [6, 6.07) is 0. The molecular weight excluding hydrogens is 108 g/mol. The highest BCUT2D eigenvalue weighted by atomic mass is 14.5. The summed E-state index contributed by atoms with van der Waals surface area (Å²) in [4.78, 5) is 0. The quantitative estimate of drug-likeness (QED) is 0.464. The number of hydrogen-bond donors (Lipinski definition) is 0. The topological polar surface area (TPSA) is 0 Å². The van der Waals surface area contributed by atoms with Crippen molar-refractivity contribution in [3.05, 3.63) is 6.92 Å². The maximum Gasteiger partial charge on any atom is -0.0357 e. The van der Waals surface area contributed by atoms with Gasteiger partial charge < -0.3 is 0 Å². The molecule has 0 N–H and O–H groups in total. The van der Waals surface area contributed by atoms with Crippen LogP contribution in [0.1, 0.15) is 26.2 Å². The van der Waals surface area contributed by atoms with E-state index < -0.39 is 0 Å². The maximum atomic E-state index is 4.20. The fourth-order valence-corrected chi connectivity index (χ4v) is 2.70. The Balaban J connectivity index is 2.15. The molecule has 0 aromatic rings. The van der Waals surface area contributed by atoms with Crippen LogP contribution in [-0.4, -0.2) is 0 Å². The van der Waals surface area contributed by atoms with Crippen LogP contribution in [0, 0.1) is 30.6 Å². The lowest BCUT2D eigenvalue weighted by Gasteiger charge is -2.23. The highest BCUT2D eigenvalue weighted by Gasteiger charge is 2.42. The molecule has 0 aromatic heterocycles. The molecule has 2 rings (SSSR count). The third-order valence-electron chi connectivity index (χ3n) is 3.54. The minimum Gasteiger partial charge on any atom is -0.0620 e. The van der Waals surface area contributed by atoms with Gasteiger partial charge in [-0.15, -0.1) is 0 Å². The minimum absolute atomic E-state index is 0.795. The molecule has 2 bridgehead atoms. The molecule has 2 fully saturated rings. The molecule has 51 valence electrons. The molecular formula is C9H15. The first-order valence-corrected chi connectivity index (χ1v) is 4.12. The Hall–Kier alpha value is 0. The van der Waals surface area contributed by atoms with E-state index in [4.69, 9.17) is 0 Å². The lowest BCUT2D eigenvalue weighted by molar-refractivity contribution is 0.285. The van der Waals surface area contributed by atoms with Crippen LogP contribution in [0.15, 0.2) is 0 Å². The van der Waals surface area contributed by atoms with Gasteiger partial charge in [-0.25, -0.2) is 0 Å². The molecule has 2 aliphatic carbocycles. The number of hydrogen-bond acceptors (Lipinski definition) is 0. The van der Waals surface area contributed by atoms with Crippen molar-refractivity contribution in [1.29, 1.82) is 0 Å². The highest BCUT2D eigenvalue weighted by Crippen LogP contribution is 2.51. The summed E-state index contributed by atoms with van der Waals surface area (Å²) in [5.74, 6) is 3.79. The first-order valence-electron chi connectivity index (χ1n) is 4.12. The molecule has 0 aromatic carbocycles. The van der Waals surface area contributed by atoms with Crippen LogP contribution in [0.4, 0.5) is 0 Å². The average Bonchev–Trinajstić information content (AvgIpc) is 2.37. The second-order valence-electron chi connectivity index (χ2n) is 3.86. The second kappa shape index (κ2) is 1.74. The third kappa shape index (κ3) is 0.653. The Morgan fingerprint density at radius 3 is 2.22 bits per heavy atom. The fourth-order valence-electron chi connectivity index (χ4n) is 2.70. The summed E-state index contributed by atoms with van der Waals surface area (Å²) in [5.41, 5.74) is 0. The highest BCUT2D eigenvalue weighted by molar-refractivity contribution is 4.95. The summed E-state index contributed by atoms with van der Waals surface area (Å²) in [5, 5.41) is 0. The van der Waals surface area contributed by atoms with Gasteiger partial charge in [0.2, 0.25) is 0 Å². The molecule has 0 amide bonds. The number of fused-ring (bicyclic) bond motifs is 2. The molecule has 1 radical (unpaired) electrons. The van der Waals surface area contributed by atoms with Gasteiger partial charge in [-0.3, -0.25) is 0 Å². The van der Waals surface area contributed by atoms with Gasteiger partial charge in [0.25, 0.3) is 0 Å². The largest absolute Gasteiger partial charge is 0.0620 e. The van der Waals surface area contributed by atoms with Gasteiger partial charge in [0.15, 0.2) is 0 Å². The third-order valence-corrected chi connectivity index (χ3v) is 3.54. The summed E-state index contributed by atoms with van der Waals surface area (Å²) < 4.78 is 0. The standard InChI is InChI=1S/C9H15/c1-6-7(2)9-4-3-8(6)5-9/h6-9H,1,3-5H2,2H3. The lowest BCUT2D eigenvalue weighted by Crippen LogP contribution is -2.16. The molecule has 0 aliphatic heterocycles. The molecule has 4 atom stereocenters. The van der Waals surface area contributed by atoms with Crippen molar-refractivity contribution in [2.45, 2.75) is 26.2 Å². The first-order chi connectivity index (χ1) is 4.29. The molecule has 2 aliphatic rings. The minimum atomic E-state index is 0.795. The lowest BCUT2D eigenvalue weighted by atomic mass is 9.82. The van der Waals surface area contributed by atoms with E-state index in [0.29, 0.717) is 0 Å². The molecule has 0 heterocycles. The van der Waals surface area contributed by atoms with Crippen molar-refractivity contribution in [1.82, 2.24) is 0 Å². The zero-order chi connectivity index (χ0) is 6.43. The zero-order valence-corrected chi connectivity index (χ0v) is 6.14. The normalized spacial score (nSPS) is 56.7. The monoisotopic (exact) mass is 123 g/mol. The van der Waals surface area contributed by atoms with Gasteiger partial charge in [-0.1, -0.05) is 6.92 Å². The van der Waals surface area contributed by atoms with Gasteiger partial charge in [0.1, 0.15) is 0 Å². The van der Waals surface area contributed by atoms with Crippen LogP contribution >= 0.6 is 0 Å². The maximum absolute atomic E-state index is 4.20. The molecule has 4 unspecified atom stereocenters. The van der Waals surface area contributed by atoms with Gasteiger partial charge >= 0.3 is 0 Å². The Morgan fingerprint density at radius 2 is 1.89 bits per heavy atom. The zero-order valence-electron chi connectivity index (χ0n) is 6.14. The van der Waals surface area contributed by atoms with E-state index in [9.17, 15) is 0 Å². The summed E-state index contributed by atoms with van der Waals surface area (Å²) in [6.45, 7) is 6.58. The summed E-state index contributed by atoms with van der Waals surface area (Å²) >= 11 is 0. The fraction of sp³-hybridized carbons (Fsp3) is 0.889. The Bertz CT molecular complexity index is 99.2. The van der Waals surface area contributed by atoms with Crippen LogP contribution in [0.2, 0.25) is 0 Å². The second-order valence-corrected chi connectivity index (χ2v) is 3.86. The Kier molecular flexibility index (Phi) is 1.12. The van der Waals surface area contributed by atoms with Crippen LogP contribution in [0.5, 0.6) is 0 Å². The molecule has 0 nitrogen and oxygen atoms in total. The van der Waals surface area contributed by atoms with Crippen LogP contribution in [-0.2, 0) is 0 Å². The van der Waals surface area contributed by atoms with E-state index in [1.54, 1.807) is 0 Å². The molecule has 0 heteroatoms. The van der Waals surface area contributed by atoms with E-state index in [-0.39, 0.29) is 0 Å².